The van der Waals surface area contributed by atoms with Crippen molar-refractivity contribution in [2.45, 2.75) is 6.92 Å². The summed E-state index contributed by atoms with van der Waals surface area (Å²) in [6, 6.07) is 6.74. The molecule has 1 saturated heterocycles. The maximum absolute atomic E-state index is 12.9. The Morgan fingerprint density at radius 1 is 1.06 bits per heavy atom. The van der Waals surface area contributed by atoms with E-state index in [2.05, 4.69) is 4.90 Å². The number of halogens is 1. The lowest BCUT2D eigenvalue weighted by Crippen LogP contribution is -2.48. The number of thiazole rings is 1. The fraction of sp³-hybridized carbons (Fsp3) is 0.263. The molecule has 12 heteroatoms. The van der Waals surface area contributed by atoms with Gasteiger partial charge in [0.2, 0.25) is 0 Å². The van der Waals surface area contributed by atoms with Gasteiger partial charge in [-0.3, -0.25) is 25.0 Å². The average Bonchev–Trinajstić information content (AvgIpc) is 3.22. The van der Waals surface area contributed by atoms with Crippen LogP contribution in [0.5, 0.6) is 0 Å². The van der Waals surface area contributed by atoms with E-state index in [1.54, 1.807) is 0 Å². The minimum absolute atomic E-state index is 0.0725. The summed E-state index contributed by atoms with van der Waals surface area (Å²) < 4.78 is 0.916. The number of nitro benzene ring substituents is 2. The number of hydrogen-bond donors (Lipinski definition) is 0. The van der Waals surface area contributed by atoms with Gasteiger partial charge in [0.05, 0.1) is 36.7 Å². The van der Waals surface area contributed by atoms with E-state index in [9.17, 15) is 25.0 Å². The standard InChI is InChI=1S/C19H16ClN5O5S/c1-11-2-3-15(20)17-16(11)21-19(31-17)23-6-4-22(5-7-23)18(26)12-8-13(24(27)28)10-14(9-12)25(29)30/h2-3,8-10H,4-7H2,1H3. The average molecular weight is 462 g/mol. The number of non-ortho nitro benzene ring substituents is 2. The topological polar surface area (TPSA) is 123 Å². The van der Waals surface area contributed by atoms with Crippen LogP contribution in [0.1, 0.15) is 15.9 Å². The van der Waals surface area contributed by atoms with Crippen molar-refractivity contribution in [2.75, 3.05) is 31.1 Å². The van der Waals surface area contributed by atoms with E-state index in [0.29, 0.717) is 31.2 Å². The molecule has 160 valence electrons. The first-order valence-electron chi connectivity index (χ1n) is 9.28. The third kappa shape index (κ3) is 4.01. The number of nitro groups is 2. The normalized spacial score (nSPS) is 14.1. The lowest BCUT2D eigenvalue weighted by molar-refractivity contribution is -0.394. The van der Waals surface area contributed by atoms with Gasteiger partial charge >= 0.3 is 0 Å². The smallest absolute Gasteiger partial charge is 0.277 e. The summed E-state index contributed by atoms with van der Waals surface area (Å²) in [5.74, 6) is -0.477. The summed E-state index contributed by atoms with van der Waals surface area (Å²) in [5, 5.41) is 23.6. The second-order valence-electron chi connectivity index (χ2n) is 7.07. The van der Waals surface area contributed by atoms with Gasteiger partial charge in [0, 0.05) is 38.3 Å². The summed E-state index contributed by atoms with van der Waals surface area (Å²) in [4.78, 5) is 41.8. The van der Waals surface area contributed by atoms with Gasteiger partial charge in [-0.15, -0.1) is 0 Å². The third-order valence-electron chi connectivity index (χ3n) is 5.09. The Bertz CT molecular complexity index is 1150. The van der Waals surface area contributed by atoms with Crippen LogP contribution in [-0.2, 0) is 0 Å². The van der Waals surface area contributed by atoms with Crippen LogP contribution in [0.4, 0.5) is 16.5 Å². The second kappa shape index (κ2) is 8.08. The van der Waals surface area contributed by atoms with E-state index in [1.165, 1.54) is 16.2 Å². The molecule has 0 N–H and O–H groups in total. The van der Waals surface area contributed by atoms with Crippen LogP contribution in [0.2, 0.25) is 5.02 Å². The maximum Gasteiger partial charge on any atom is 0.277 e. The molecule has 0 atom stereocenters. The maximum atomic E-state index is 12.9. The number of aryl methyl sites for hydroxylation is 1. The fourth-order valence-electron chi connectivity index (χ4n) is 3.44. The number of fused-ring (bicyclic) bond motifs is 1. The number of amides is 1. The van der Waals surface area contributed by atoms with E-state index >= 15 is 0 Å². The van der Waals surface area contributed by atoms with Gasteiger partial charge in [0.1, 0.15) is 0 Å². The Morgan fingerprint density at radius 2 is 1.68 bits per heavy atom. The molecule has 0 bridgehead atoms. The number of carbonyl (C=O) groups is 1. The zero-order valence-electron chi connectivity index (χ0n) is 16.3. The first-order valence-corrected chi connectivity index (χ1v) is 10.5. The zero-order valence-corrected chi connectivity index (χ0v) is 17.9. The van der Waals surface area contributed by atoms with Crippen LogP contribution in [-0.4, -0.2) is 51.8 Å². The number of piperazine rings is 1. The van der Waals surface area contributed by atoms with Crippen molar-refractivity contribution in [2.24, 2.45) is 0 Å². The van der Waals surface area contributed by atoms with Crippen LogP contribution < -0.4 is 4.90 Å². The van der Waals surface area contributed by atoms with Crippen LogP contribution in [0, 0.1) is 27.2 Å². The Morgan fingerprint density at radius 3 is 2.23 bits per heavy atom. The van der Waals surface area contributed by atoms with Crippen molar-refractivity contribution in [3.8, 4) is 0 Å². The van der Waals surface area contributed by atoms with E-state index in [4.69, 9.17) is 16.6 Å². The molecule has 1 aromatic heterocycles. The summed E-state index contributed by atoms with van der Waals surface area (Å²) in [5.41, 5.74) is 0.838. The largest absolute Gasteiger partial charge is 0.345 e. The van der Waals surface area contributed by atoms with Crippen LogP contribution in [0.15, 0.2) is 30.3 Å². The van der Waals surface area contributed by atoms with Crippen LogP contribution >= 0.6 is 22.9 Å². The molecule has 0 spiro atoms. The van der Waals surface area contributed by atoms with Gasteiger partial charge < -0.3 is 9.80 Å². The van der Waals surface area contributed by atoms with Crippen LogP contribution in [0.25, 0.3) is 10.2 Å². The molecule has 10 nitrogen and oxygen atoms in total. The first kappa shape index (κ1) is 20.9. The fourth-order valence-corrected chi connectivity index (χ4v) is 4.81. The molecular formula is C19H16ClN5O5S. The van der Waals surface area contributed by atoms with E-state index in [1.807, 2.05) is 19.1 Å². The van der Waals surface area contributed by atoms with Gasteiger partial charge in [0.15, 0.2) is 5.13 Å². The lowest BCUT2D eigenvalue weighted by atomic mass is 10.1. The highest BCUT2D eigenvalue weighted by Crippen LogP contribution is 2.36. The van der Waals surface area contributed by atoms with E-state index in [-0.39, 0.29) is 5.56 Å². The van der Waals surface area contributed by atoms with Crippen molar-refractivity contribution in [1.82, 2.24) is 9.88 Å². The Labute approximate surface area is 185 Å². The van der Waals surface area contributed by atoms with Gasteiger partial charge in [-0.25, -0.2) is 4.98 Å². The minimum Gasteiger partial charge on any atom is -0.345 e. The van der Waals surface area contributed by atoms with Gasteiger partial charge in [-0.2, -0.15) is 0 Å². The van der Waals surface area contributed by atoms with Crippen molar-refractivity contribution < 1.29 is 14.6 Å². The number of carbonyl (C=O) groups excluding carboxylic acids is 1. The predicted octanol–water partition coefficient (Wildman–Crippen LogP) is 4.04. The number of nitrogens with zero attached hydrogens (tertiary/aromatic N) is 5. The molecule has 1 fully saturated rings. The third-order valence-corrected chi connectivity index (χ3v) is 6.67. The quantitative estimate of drug-likeness (QED) is 0.424. The summed E-state index contributed by atoms with van der Waals surface area (Å²) >= 11 is 7.78. The minimum atomic E-state index is -0.748. The summed E-state index contributed by atoms with van der Waals surface area (Å²) in [6.45, 7) is 3.71. The lowest BCUT2D eigenvalue weighted by Gasteiger charge is -2.34. The van der Waals surface area contributed by atoms with Crippen LogP contribution in [0.3, 0.4) is 0 Å². The first-order chi connectivity index (χ1) is 14.7. The molecule has 0 aliphatic carbocycles. The van der Waals surface area contributed by atoms with Crippen molar-refractivity contribution in [3.05, 3.63) is 66.7 Å². The number of benzene rings is 2. The van der Waals surface area contributed by atoms with Gasteiger partial charge in [0.25, 0.3) is 17.3 Å². The molecule has 4 rings (SSSR count). The molecule has 1 amide bonds. The van der Waals surface area contributed by atoms with Crippen molar-refractivity contribution >= 4 is 55.6 Å². The molecule has 0 unspecified atom stereocenters. The number of rotatable bonds is 4. The number of hydrogen-bond acceptors (Lipinski definition) is 8. The highest BCUT2D eigenvalue weighted by atomic mass is 35.5. The molecule has 1 aliphatic rings. The molecule has 2 heterocycles. The van der Waals surface area contributed by atoms with Crippen molar-refractivity contribution in [1.29, 1.82) is 0 Å². The predicted molar refractivity (Wildman–Crippen MR) is 117 cm³/mol. The van der Waals surface area contributed by atoms with E-state index < -0.39 is 27.1 Å². The molecule has 0 saturated carbocycles. The number of anilines is 1. The SMILES string of the molecule is Cc1ccc(Cl)c2sc(N3CCN(C(=O)c4cc([N+](=O)[O-])cc([N+](=O)[O-])c4)CC3)nc12. The molecular weight excluding hydrogens is 446 g/mol. The Hall–Kier alpha value is -3.31. The molecule has 0 radical (unpaired) electrons. The van der Waals surface area contributed by atoms with Crippen molar-refractivity contribution in [3.63, 3.8) is 0 Å². The highest BCUT2D eigenvalue weighted by molar-refractivity contribution is 7.22. The van der Waals surface area contributed by atoms with Gasteiger partial charge in [-0.05, 0) is 18.6 Å². The molecule has 3 aromatic rings. The molecule has 31 heavy (non-hydrogen) atoms. The second-order valence-corrected chi connectivity index (χ2v) is 8.45. The Balaban J connectivity index is 1.52. The summed E-state index contributed by atoms with van der Waals surface area (Å²) in [7, 11) is 0. The number of aromatic nitrogens is 1. The highest BCUT2D eigenvalue weighted by Gasteiger charge is 2.27. The van der Waals surface area contributed by atoms with Gasteiger partial charge in [-0.1, -0.05) is 29.0 Å². The van der Waals surface area contributed by atoms with E-state index in [0.717, 1.165) is 39.1 Å². The molecule has 2 aromatic carbocycles. The zero-order chi connectivity index (χ0) is 22.3. The summed E-state index contributed by atoms with van der Waals surface area (Å²) in [6.07, 6.45) is 0. The monoisotopic (exact) mass is 461 g/mol. The Kier molecular flexibility index (Phi) is 5.46. The molecule has 1 aliphatic heterocycles.